The molecule has 0 fully saturated rings. The molecule has 0 radical (unpaired) electrons. The number of allylic oxidation sites excluding steroid dienone is 1. The predicted octanol–water partition coefficient (Wildman–Crippen LogP) is 6.50. The van der Waals surface area contributed by atoms with Crippen LogP contribution in [0.4, 0.5) is 17.6 Å². The maximum atomic E-state index is 13.5. The molecule has 2 N–H and O–H groups in total. The summed E-state index contributed by atoms with van der Waals surface area (Å²) in [5.41, 5.74) is 7.69. The number of hydrogen-bond donors (Lipinski definition) is 1. The molecular weight excluding hydrogens is 508 g/mol. The van der Waals surface area contributed by atoms with Gasteiger partial charge in [0.25, 0.3) is 5.91 Å². The van der Waals surface area contributed by atoms with Gasteiger partial charge in [-0.15, -0.1) is 11.3 Å². The number of halogens is 4. The third-order valence-corrected chi connectivity index (χ3v) is 7.07. The summed E-state index contributed by atoms with van der Waals surface area (Å²) < 4.78 is 61.4. The molecule has 0 saturated heterocycles. The first-order valence-corrected chi connectivity index (χ1v) is 12.0. The highest BCUT2D eigenvalue weighted by molar-refractivity contribution is 7.16. The van der Waals surface area contributed by atoms with Gasteiger partial charge in [0.15, 0.2) is 6.30 Å². The number of benzene rings is 2. The topological polar surface area (TPSA) is 82.5 Å². The molecule has 1 amide bonds. The van der Waals surface area contributed by atoms with Crippen LogP contribution >= 0.6 is 11.3 Å². The smallest absolute Gasteiger partial charge is 0.416 e. The molecular formula is C26H20F4N4O2S. The molecule has 1 unspecified atom stereocenters. The molecule has 5 rings (SSSR count). The fourth-order valence-corrected chi connectivity index (χ4v) is 5.09. The average Bonchev–Trinajstić information content (AvgIpc) is 3.47. The largest absolute Gasteiger partial charge is 0.484 e. The predicted molar refractivity (Wildman–Crippen MR) is 134 cm³/mol. The lowest BCUT2D eigenvalue weighted by atomic mass is 10.0. The zero-order valence-electron chi connectivity index (χ0n) is 19.4. The maximum Gasteiger partial charge on any atom is 0.416 e. The zero-order chi connectivity index (χ0) is 26.3. The summed E-state index contributed by atoms with van der Waals surface area (Å²) in [4.78, 5) is 20.5. The van der Waals surface area contributed by atoms with Crippen molar-refractivity contribution in [1.82, 2.24) is 9.55 Å². The van der Waals surface area contributed by atoms with Gasteiger partial charge in [-0.25, -0.2) is 9.37 Å². The van der Waals surface area contributed by atoms with Crippen LogP contribution in [0.3, 0.4) is 0 Å². The molecule has 3 heterocycles. The quantitative estimate of drug-likeness (QED) is 0.229. The van der Waals surface area contributed by atoms with Gasteiger partial charge in [0.2, 0.25) is 0 Å². The Kier molecular flexibility index (Phi) is 6.32. The number of fused-ring (bicyclic) bond motifs is 1. The molecule has 11 heteroatoms. The van der Waals surface area contributed by atoms with Crippen LogP contribution in [0.2, 0.25) is 0 Å². The van der Waals surface area contributed by atoms with Crippen molar-refractivity contribution in [3.63, 3.8) is 0 Å². The van der Waals surface area contributed by atoms with Gasteiger partial charge in [-0.3, -0.25) is 14.4 Å². The molecule has 1 aliphatic rings. The number of ether oxygens (including phenoxy) is 1. The van der Waals surface area contributed by atoms with Crippen LogP contribution in [-0.4, -0.2) is 28.0 Å². The third kappa shape index (κ3) is 4.86. The van der Waals surface area contributed by atoms with Gasteiger partial charge in [0, 0.05) is 24.3 Å². The second-order valence-electron chi connectivity index (χ2n) is 8.41. The van der Waals surface area contributed by atoms with Crippen molar-refractivity contribution in [2.24, 2.45) is 10.7 Å². The number of aromatic nitrogens is 2. The first-order chi connectivity index (χ1) is 17.6. The fraction of sp³-hybridized carbons (Fsp3) is 0.192. The molecule has 0 aliphatic carbocycles. The summed E-state index contributed by atoms with van der Waals surface area (Å²) in [5, 5.41) is 0.550. The number of alkyl halides is 4. The number of nitrogens with two attached hydrogens (primary N) is 1. The summed E-state index contributed by atoms with van der Waals surface area (Å²) in [5.74, 6) is -0.677. The van der Waals surface area contributed by atoms with Crippen molar-refractivity contribution in [2.45, 2.75) is 31.9 Å². The minimum absolute atomic E-state index is 0.0570. The molecule has 0 spiro atoms. The lowest BCUT2D eigenvalue weighted by Crippen LogP contribution is -2.15. The number of carbonyl (C=O) groups excluding carboxylic acids is 1. The number of aliphatic imine (C=N–C) groups is 1. The van der Waals surface area contributed by atoms with Crippen molar-refractivity contribution in [2.75, 3.05) is 0 Å². The van der Waals surface area contributed by atoms with Gasteiger partial charge >= 0.3 is 6.18 Å². The van der Waals surface area contributed by atoms with E-state index in [1.54, 1.807) is 23.0 Å². The van der Waals surface area contributed by atoms with Gasteiger partial charge in [-0.05, 0) is 36.3 Å². The Morgan fingerprint density at radius 2 is 2.00 bits per heavy atom. The van der Waals surface area contributed by atoms with E-state index >= 15 is 0 Å². The van der Waals surface area contributed by atoms with Crippen LogP contribution in [0.15, 0.2) is 65.9 Å². The van der Waals surface area contributed by atoms with E-state index in [9.17, 15) is 22.4 Å². The highest BCUT2D eigenvalue weighted by Gasteiger charge is 2.35. The van der Waals surface area contributed by atoms with Crippen molar-refractivity contribution in [1.29, 1.82) is 0 Å². The van der Waals surface area contributed by atoms with E-state index in [0.717, 1.165) is 34.1 Å². The molecule has 2 aromatic heterocycles. The Hall–Kier alpha value is -3.99. The van der Waals surface area contributed by atoms with E-state index in [0.29, 0.717) is 10.5 Å². The summed E-state index contributed by atoms with van der Waals surface area (Å²) >= 11 is 1.05. The molecule has 0 saturated carbocycles. The number of carbonyl (C=O) groups is 1. The van der Waals surface area contributed by atoms with Gasteiger partial charge in [0.1, 0.15) is 28.1 Å². The fourth-order valence-electron chi connectivity index (χ4n) is 4.16. The Morgan fingerprint density at radius 1 is 1.22 bits per heavy atom. The second kappa shape index (κ2) is 9.47. The lowest BCUT2D eigenvalue weighted by Gasteiger charge is -2.19. The minimum atomic E-state index is -4.55. The number of dihydropyridines is 1. The first kappa shape index (κ1) is 24.7. The van der Waals surface area contributed by atoms with Gasteiger partial charge in [-0.1, -0.05) is 30.3 Å². The van der Waals surface area contributed by atoms with Crippen LogP contribution < -0.4 is 10.5 Å². The number of imidazole rings is 1. The summed E-state index contributed by atoms with van der Waals surface area (Å²) in [6.45, 7) is 1.48. The number of hydrogen-bond acceptors (Lipinski definition) is 5. The summed E-state index contributed by atoms with van der Waals surface area (Å²) in [6, 6.07) is 12.2. The van der Waals surface area contributed by atoms with E-state index in [1.165, 1.54) is 31.3 Å². The molecule has 37 heavy (non-hydrogen) atoms. The van der Waals surface area contributed by atoms with Crippen molar-refractivity contribution in [3.8, 4) is 10.8 Å². The van der Waals surface area contributed by atoms with Gasteiger partial charge in [0.05, 0.1) is 16.6 Å². The Labute approximate surface area is 212 Å². The van der Waals surface area contributed by atoms with E-state index in [-0.39, 0.29) is 22.6 Å². The number of primary amides is 1. The molecule has 1 aliphatic heterocycles. The highest BCUT2D eigenvalue weighted by Crippen LogP contribution is 2.39. The number of nitrogens with zero attached hydrogens (tertiary/aromatic N) is 3. The number of thiophene rings is 1. The minimum Gasteiger partial charge on any atom is -0.484 e. The van der Waals surface area contributed by atoms with Crippen LogP contribution in [0, 0.1) is 0 Å². The molecule has 4 aromatic rings. The Morgan fingerprint density at radius 3 is 2.70 bits per heavy atom. The molecule has 2 aromatic carbocycles. The third-order valence-electron chi connectivity index (χ3n) is 5.94. The zero-order valence-corrected chi connectivity index (χ0v) is 20.2. The monoisotopic (exact) mass is 528 g/mol. The Balaban J connectivity index is 1.48. The van der Waals surface area contributed by atoms with Crippen LogP contribution in [0.25, 0.3) is 21.6 Å². The highest BCUT2D eigenvalue weighted by atomic mass is 32.1. The van der Waals surface area contributed by atoms with Crippen molar-refractivity contribution < 1.29 is 27.1 Å². The van der Waals surface area contributed by atoms with Crippen LogP contribution in [0.5, 0.6) is 5.75 Å². The maximum absolute atomic E-state index is 13.5. The molecule has 190 valence electrons. The summed E-state index contributed by atoms with van der Waals surface area (Å²) in [6.07, 6.45) is -1.75. The SMILES string of the molecule is C[C@@H](Oc1cc(-n2cnc3cc(C4=CCC(F)N=C4)ccc32)sc1C(N)=O)c1ccccc1C(F)(F)F. The van der Waals surface area contributed by atoms with E-state index < -0.39 is 30.0 Å². The second-order valence-corrected chi connectivity index (χ2v) is 9.44. The van der Waals surface area contributed by atoms with Crippen molar-refractivity contribution >= 4 is 40.1 Å². The standard InChI is InChI=1S/C26H20F4N4O2S/c1-14(17-4-2-3-5-18(17)26(28,29)30)36-21-11-23(37-24(21)25(31)35)34-13-33-19-10-15(6-8-20(19)34)16-7-9-22(27)32-12-16/h2-8,10-14,22H,9H2,1H3,(H2,31,35)/t14-,22?/m1/s1. The molecule has 0 bridgehead atoms. The van der Waals surface area contributed by atoms with E-state index in [4.69, 9.17) is 10.5 Å². The van der Waals surface area contributed by atoms with Crippen LogP contribution in [-0.2, 0) is 6.18 Å². The number of amides is 1. The van der Waals surface area contributed by atoms with E-state index in [2.05, 4.69) is 9.98 Å². The van der Waals surface area contributed by atoms with Crippen LogP contribution in [0.1, 0.15) is 45.8 Å². The van der Waals surface area contributed by atoms with E-state index in [1.807, 2.05) is 18.2 Å². The lowest BCUT2D eigenvalue weighted by molar-refractivity contribution is -0.139. The summed E-state index contributed by atoms with van der Waals surface area (Å²) in [7, 11) is 0. The van der Waals surface area contributed by atoms with Gasteiger partial charge < -0.3 is 10.5 Å². The van der Waals surface area contributed by atoms with Crippen molar-refractivity contribution in [3.05, 3.63) is 82.5 Å². The Bertz CT molecular complexity index is 1550. The van der Waals surface area contributed by atoms with Gasteiger partial charge in [-0.2, -0.15) is 13.2 Å². The first-order valence-electron chi connectivity index (χ1n) is 11.2. The molecule has 2 atom stereocenters. The normalized spacial score (nSPS) is 16.6. The average molecular weight is 529 g/mol. The molecule has 6 nitrogen and oxygen atoms in total. The number of rotatable bonds is 6.